The average Bonchev–Trinajstić information content (AvgIpc) is 2.47. The minimum atomic E-state index is -0.582. The number of nitrogens with one attached hydrogen (secondary N) is 1. The third kappa shape index (κ3) is 3.21. The van der Waals surface area contributed by atoms with Crippen LogP contribution in [0.1, 0.15) is 26.3 Å². The van der Waals surface area contributed by atoms with Gasteiger partial charge in [-0.15, -0.1) is 0 Å². The van der Waals surface area contributed by atoms with E-state index in [4.69, 9.17) is 10.8 Å². The molecule has 0 saturated carbocycles. The van der Waals surface area contributed by atoms with E-state index in [1.165, 1.54) is 6.07 Å². The minimum absolute atomic E-state index is 0.0964. The van der Waals surface area contributed by atoms with Gasteiger partial charge in [-0.2, -0.15) is 0 Å². The van der Waals surface area contributed by atoms with Gasteiger partial charge in [0.15, 0.2) is 0 Å². The van der Waals surface area contributed by atoms with Crippen molar-refractivity contribution in [1.29, 1.82) is 0 Å². The first-order valence-corrected chi connectivity index (χ1v) is 6.01. The highest BCUT2D eigenvalue weighted by atomic mass is 16.3. The van der Waals surface area contributed by atoms with E-state index < -0.39 is 5.91 Å². The standard InChI is InChI=1S/C15H14N2O3/c16-14(19)11-4-2-5-12(8-11)15(20)17-13-6-1-3-10(7-13)9-18/h1-8,18H,9H2,(H2,16,19)(H,17,20). The molecule has 2 amide bonds. The van der Waals surface area contributed by atoms with Crippen LogP contribution in [0.4, 0.5) is 5.69 Å². The number of aliphatic hydroxyl groups is 1. The quantitative estimate of drug-likeness (QED) is 0.786. The molecular formula is C15H14N2O3. The maximum absolute atomic E-state index is 12.1. The predicted molar refractivity (Wildman–Crippen MR) is 75.3 cm³/mol. The molecule has 0 aromatic heterocycles. The van der Waals surface area contributed by atoms with Gasteiger partial charge in [-0.25, -0.2) is 0 Å². The summed E-state index contributed by atoms with van der Waals surface area (Å²) < 4.78 is 0. The van der Waals surface area contributed by atoms with Crippen molar-refractivity contribution in [2.75, 3.05) is 5.32 Å². The summed E-state index contributed by atoms with van der Waals surface area (Å²) in [5.74, 6) is -0.926. The van der Waals surface area contributed by atoms with Crippen LogP contribution in [0.25, 0.3) is 0 Å². The minimum Gasteiger partial charge on any atom is -0.392 e. The van der Waals surface area contributed by atoms with Gasteiger partial charge in [0.05, 0.1) is 6.61 Å². The van der Waals surface area contributed by atoms with E-state index in [-0.39, 0.29) is 18.1 Å². The number of carbonyl (C=O) groups excluding carboxylic acids is 2. The van der Waals surface area contributed by atoms with E-state index in [2.05, 4.69) is 5.32 Å². The molecule has 4 N–H and O–H groups in total. The Morgan fingerprint density at radius 1 is 1.05 bits per heavy atom. The molecule has 0 saturated heterocycles. The number of aliphatic hydroxyl groups excluding tert-OH is 1. The van der Waals surface area contributed by atoms with Gasteiger partial charge in [-0.3, -0.25) is 9.59 Å². The van der Waals surface area contributed by atoms with Crippen LogP contribution < -0.4 is 11.1 Å². The van der Waals surface area contributed by atoms with Crippen LogP contribution in [-0.2, 0) is 6.61 Å². The fourth-order valence-electron chi connectivity index (χ4n) is 1.76. The third-order valence-corrected chi connectivity index (χ3v) is 2.78. The summed E-state index contributed by atoms with van der Waals surface area (Å²) in [7, 11) is 0. The summed E-state index contributed by atoms with van der Waals surface area (Å²) in [5, 5.41) is 11.7. The second-order valence-corrected chi connectivity index (χ2v) is 4.26. The highest BCUT2D eigenvalue weighted by molar-refractivity contribution is 6.06. The van der Waals surface area contributed by atoms with Crippen LogP contribution in [-0.4, -0.2) is 16.9 Å². The number of primary amides is 1. The van der Waals surface area contributed by atoms with E-state index in [1.54, 1.807) is 42.5 Å². The molecule has 0 fully saturated rings. The van der Waals surface area contributed by atoms with Gasteiger partial charge in [-0.05, 0) is 35.9 Å². The lowest BCUT2D eigenvalue weighted by molar-refractivity contribution is 0.1000. The molecule has 2 aromatic rings. The van der Waals surface area contributed by atoms with E-state index in [0.717, 1.165) is 0 Å². The van der Waals surface area contributed by atoms with Crippen molar-refractivity contribution in [2.45, 2.75) is 6.61 Å². The van der Waals surface area contributed by atoms with Gasteiger partial charge in [0.1, 0.15) is 0 Å². The first-order valence-electron chi connectivity index (χ1n) is 6.01. The summed E-state index contributed by atoms with van der Waals surface area (Å²) in [4.78, 5) is 23.1. The van der Waals surface area contributed by atoms with Crippen LogP contribution in [0.15, 0.2) is 48.5 Å². The van der Waals surface area contributed by atoms with Crippen molar-refractivity contribution in [3.63, 3.8) is 0 Å². The highest BCUT2D eigenvalue weighted by Crippen LogP contribution is 2.13. The molecule has 0 atom stereocenters. The molecular weight excluding hydrogens is 256 g/mol. The molecule has 0 heterocycles. The molecule has 2 aromatic carbocycles. The highest BCUT2D eigenvalue weighted by Gasteiger charge is 2.09. The van der Waals surface area contributed by atoms with Crippen molar-refractivity contribution in [1.82, 2.24) is 0 Å². The lowest BCUT2D eigenvalue weighted by Gasteiger charge is -2.07. The summed E-state index contributed by atoms with van der Waals surface area (Å²) in [6.45, 7) is -0.0964. The number of amides is 2. The van der Waals surface area contributed by atoms with E-state index in [1.807, 2.05) is 0 Å². The Kier molecular flexibility index (Phi) is 4.12. The van der Waals surface area contributed by atoms with Gasteiger partial charge in [-0.1, -0.05) is 18.2 Å². The molecule has 102 valence electrons. The third-order valence-electron chi connectivity index (χ3n) is 2.78. The maximum atomic E-state index is 12.1. The largest absolute Gasteiger partial charge is 0.392 e. The lowest BCUT2D eigenvalue weighted by Crippen LogP contribution is -2.15. The molecule has 20 heavy (non-hydrogen) atoms. The first kappa shape index (κ1) is 13.8. The molecule has 0 radical (unpaired) electrons. The SMILES string of the molecule is NC(=O)c1cccc(C(=O)Nc2cccc(CO)c2)c1. The van der Waals surface area contributed by atoms with Gasteiger partial charge in [0.25, 0.3) is 5.91 Å². The Bertz CT molecular complexity index is 653. The van der Waals surface area contributed by atoms with Crippen molar-refractivity contribution >= 4 is 17.5 Å². The Balaban J connectivity index is 2.19. The molecule has 0 spiro atoms. The van der Waals surface area contributed by atoms with E-state index in [0.29, 0.717) is 16.8 Å². The number of hydrogen-bond acceptors (Lipinski definition) is 3. The monoisotopic (exact) mass is 270 g/mol. The predicted octanol–water partition coefficient (Wildman–Crippen LogP) is 1.53. The maximum Gasteiger partial charge on any atom is 0.255 e. The fraction of sp³-hybridized carbons (Fsp3) is 0.0667. The first-order chi connectivity index (χ1) is 9.60. The molecule has 0 unspecified atom stereocenters. The summed E-state index contributed by atoms with van der Waals surface area (Å²) in [6, 6.07) is 13.1. The fourth-order valence-corrected chi connectivity index (χ4v) is 1.76. The Labute approximate surface area is 116 Å². The van der Waals surface area contributed by atoms with Crippen molar-refractivity contribution in [3.05, 3.63) is 65.2 Å². The van der Waals surface area contributed by atoms with E-state index in [9.17, 15) is 9.59 Å². The number of rotatable bonds is 4. The lowest BCUT2D eigenvalue weighted by atomic mass is 10.1. The Hall–Kier alpha value is -2.66. The number of anilines is 1. The second kappa shape index (κ2) is 5.99. The normalized spacial score (nSPS) is 10.1. The summed E-state index contributed by atoms with van der Waals surface area (Å²) >= 11 is 0. The number of benzene rings is 2. The van der Waals surface area contributed by atoms with Gasteiger partial charge < -0.3 is 16.2 Å². The zero-order valence-electron chi connectivity index (χ0n) is 10.7. The second-order valence-electron chi connectivity index (χ2n) is 4.26. The Morgan fingerprint density at radius 3 is 2.45 bits per heavy atom. The van der Waals surface area contributed by atoms with Crippen LogP contribution in [0.2, 0.25) is 0 Å². The molecule has 0 aliphatic heterocycles. The number of hydrogen-bond donors (Lipinski definition) is 3. The van der Waals surface area contributed by atoms with Crippen LogP contribution in [0.5, 0.6) is 0 Å². The van der Waals surface area contributed by atoms with Crippen molar-refractivity contribution in [2.24, 2.45) is 5.73 Å². The number of nitrogens with two attached hydrogens (primary N) is 1. The van der Waals surface area contributed by atoms with Gasteiger partial charge in [0, 0.05) is 16.8 Å². The van der Waals surface area contributed by atoms with Gasteiger partial charge in [0.2, 0.25) is 5.91 Å². The molecule has 0 aliphatic rings. The summed E-state index contributed by atoms with van der Waals surface area (Å²) in [6.07, 6.45) is 0. The average molecular weight is 270 g/mol. The summed E-state index contributed by atoms with van der Waals surface area (Å²) in [5.41, 5.74) is 7.07. The molecule has 0 aliphatic carbocycles. The van der Waals surface area contributed by atoms with Gasteiger partial charge >= 0.3 is 0 Å². The zero-order valence-corrected chi connectivity index (χ0v) is 10.7. The van der Waals surface area contributed by atoms with Crippen LogP contribution in [0.3, 0.4) is 0 Å². The van der Waals surface area contributed by atoms with Crippen molar-refractivity contribution in [3.8, 4) is 0 Å². The van der Waals surface area contributed by atoms with Crippen molar-refractivity contribution < 1.29 is 14.7 Å². The molecule has 5 heteroatoms. The molecule has 5 nitrogen and oxygen atoms in total. The topological polar surface area (TPSA) is 92.4 Å². The van der Waals surface area contributed by atoms with Crippen LogP contribution in [0, 0.1) is 0 Å². The zero-order chi connectivity index (χ0) is 14.5. The molecule has 2 rings (SSSR count). The Morgan fingerprint density at radius 2 is 1.75 bits per heavy atom. The number of carbonyl (C=O) groups is 2. The molecule has 0 bridgehead atoms. The smallest absolute Gasteiger partial charge is 0.255 e. The van der Waals surface area contributed by atoms with E-state index >= 15 is 0 Å². The van der Waals surface area contributed by atoms with Crippen LogP contribution >= 0.6 is 0 Å².